The van der Waals surface area contributed by atoms with Crippen molar-refractivity contribution in [2.75, 3.05) is 19.6 Å². The van der Waals surface area contributed by atoms with Crippen molar-refractivity contribution in [1.29, 1.82) is 0 Å². The molecule has 0 saturated carbocycles. The Morgan fingerprint density at radius 3 is 0.733 bits per heavy atom. The van der Waals surface area contributed by atoms with Crippen LogP contribution in [0.1, 0.15) is 198 Å². The molecule has 6 amide bonds. The van der Waals surface area contributed by atoms with E-state index in [9.17, 15) is 28.8 Å². The summed E-state index contributed by atoms with van der Waals surface area (Å²) < 4.78 is 4.28. The number of carbonyl (C=O) groups excluding carboxylic acids is 6. The first-order valence-electron chi connectivity index (χ1n) is 32.3. The average Bonchev–Trinajstić information content (AvgIpc) is 1.46. The Morgan fingerprint density at radius 2 is 0.489 bits per heavy atom. The van der Waals surface area contributed by atoms with Crippen LogP contribution >= 0.6 is 0 Å². The molecule has 0 aliphatic carbocycles. The number of rotatable bonds is 21. The van der Waals surface area contributed by atoms with Gasteiger partial charge >= 0.3 is 0 Å². The quantitative estimate of drug-likeness (QED) is 0.0485. The van der Waals surface area contributed by atoms with E-state index in [1.807, 2.05) is 0 Å². The van der Waals surface area contributed by atoms with Crippen LogP contribution in [0.25, 0.3) is 115 Å². The van der Waals surface area contributed by atoms with Crippen LogP contribution in [0, 0.1) is 0 Å². The topological polar surface area (TPSA) is 215 Å². The Balaban J connectivity index is 0.952. The van der Waals surface area contributed by atoms with Crippen LogP contribution < -0.4 is 16.7 Å². The van der Waals surface area contributed by atoms with Crippen molar-refractivity contribution in [2.45, 2.75) is 136 Å². The lowest BCUT2D eigenvalue weighted by Crippen LogP contribution is -2.41. The minimum atomic E-state index is -0.561. The lowest BCUT2D eigenvalue weighted by molar-refractivity contribution is 0.0592. The number of hydrogen-bond acceptors (Lipinski definition) is 12. The van der Waals surface area contributed by atoms with Crippen molar-refractivity contribution < 1.29 is 28.8 Å². The highest BCUT2D eigenvalue weighted by molar-refractivity contribution is 6.36. The molecule has 7 aromatic carbocycles. The van der Waals surface area contributed by atoms with Crippen LogP contribution in [0.3, 0.4) is 0 Å². The number of nitrogens with zero attached hydrogens (tertiary/aromatic N) is 9. The molecule has 90 heavy (non-hydrogen) atoms. The minimum absolute atomic E-state index is 0.131. The second-order valence-corrected chi connectivity index (χ2v) is 25.1. The Hall–Kier alpha value is -9.84. The van der Waals surface area contributed by atoms with Crippen molar-refractivity contribution in [1.82, 2.24) is 42.9 Å². The fourth-order valence-corrected chi connectivity index (χ4v) is 15.5. The summed E-state index contributed by atoms with van der Waals surface area (Å²) in [6, 6.07) is 19.8. The maximum absolute atomic E-state index is 15.8. The third-order valence-electron chi connectivity index (χ3n) is 19.9. The molecule has 9 heterocycles. The maximum atomic E-state index is 15.8. The molecular formula is C72H63N9O9. The molecule has 18 heteroatoms. The second-order valence-electron chi connectivity index (χ2n) is 25.1. The second kappa shape index (κ2) is 20.9. The Morgan fingerprint density at radius 1 is 0.267 bits per heavy atom. The highest BCUT2D eigenvalue weighted by Crippen LogP contribution is 2.45. The number of aromatic nitrogens is 6. The van der Waals surface area contributed by atoms with E-state index < -0.39 is 52.1 Å². The first kappa shape index (κ1) is 55.5. The summed E-state index contributed by atoms with van der Waals surface area (Å²) in [6.07, 6.45) is 17.5. The number of imidazole rings is 3. The molecule has 0 atom stereocenters. The molecule has 0 bridgehead atoms. The number of fused-ring (bicyclic) bond motifs is 15. The molecule has 0 radical (unpaired) electrons. The minimum Gasteiger partial charge on any atom is -0.274 e. The Bertz CT molecular complexity index is 4950. The molecule has 13 aromatic rings. The zero-order valence-corrected chi connectivity index (χ0v) is 50.5. The molecule has 6 aromatic heterocycles. The van der Waals surface area contributed by atoms with Crippen molar-refractivity contribution in [3.8, 4) is 0 Å². The van der Waals surface area contributed by atoms with Crippen LogP contribution in [-0.4, -0.2) is 97.9 Å². The number of hydrogen-bond donors (Lipinski definition) is 0. The summed E-state index contributed by atoms with van der Waals surface area (Å²) in [5.41, 5.74) is 1.28. The van der Waals surface area contributed by atoms with Crippen LogP contribution in [0.2, 0.25) is 0 Å². The van der Waals surface area contributed by atoms with E-state index >= 15 is 14.4 Å². The molecule has 450 valence electrons. The van der Waals surface area contributed by atoms with E-state index in [0.29, 0.717) is 67.7 Å². The molecule has 0 unspecified atom stereocenters. The summed E-state index contributed by atoms with van der Waals surface area (Å²) in [6.45, 7) is 7.22. The Labute approximate surface area is 512 Å². The van der Waals surface area contributed by atoms with Crippen LogP contribution in [0.15, 0.2) is 87.2 Å². The molecule has 16 rings (SSSR count). The molecule has 3 aliphatic heterocycles. The molecular weight excluding hydrogens is 1130 g/mol. The van der Waals surface area contributed by atoms with Crippen LogP contribution in [0.4, 0.5) is 0 Å². The molecule has 0 N–H and O–H groups in total. The predicted molar refractivity (Wildman–Crippen MR) is 349 cm³/mol. The van der Waals surface area contributed by atoms with Gasteiger partial charge in [-0.05, 0) is 92.1 Å². The van der Waals surface area contributed by atoms with Crippen molar-refractivity contribution in [3.05, 3.63) is 137 Å². The zero-order valence-electron chi connectivity index (χ0n) is 50.5. The van der Waals surface area contributed by atoms with E-state index in [4.69, 9.17) is 15.0 Å². The van der Waals surface area contributed by atoms with Gasteiger partial charge in [-0.2, -0.15) is 0 Å². The van der Waals surface area contributed by atoms with Gasteiger partial charge in [0.05, 0.1) is 0 Å². The summed E-state index contributed by atoms with van der Waals surface area (Å²) in [5, 5.41) is 4.07. The third-order valence-corrected chi connectivity index (χ3v) is 19.9. The summed E-state index contributed by atoms with van der Waals surface area (Å²) >= 11 is 0. The standard InChI is InChI=1S/C72H63N9O9/c1-4-7-10-13-16-19-34-76-64(82)40-25-22-37-49-46(31-28-43(52(40)49)67(76)85)70(88)79-58-55(73-61(37)79)59-57(75-63-39-24-27-42-54-44(29-32-47(51(39)54)71(89)80(59)63)68(86)78(66(42)84)36-21-18-15-12-9-6-3)60-56(58)74-62-38-23-26-41-53-45(30-33-48(50(38)53)72(90)81(60)62)69(87)77(65(41)83)35-20-17-14-11-8-5-2/h22-33H,4-21,34-36H2,1-3H3. The van der Waals surface area contributed by atoms with Crippen molar-refractivity contribution >= 4 is 150 Å². The first-order valence-corrected chi connectivity index (χ1v) is 32.3. The predicted octanol–water partition coefficient (Wildman–Crippen LogP) is 13.3. The number of pyridine rings is 3. The van der Waals surface area contributed by atoms with Gasteiger partial charge in [-0.15, -0.1) is 0 Å². The van der Waals surface area contributed by atoms with Gasteiger partial charge in [-0.25, -0.2) is 15.0 Å². The molecule has 18 nitrogen and oxygen atoms in total. The SMILES string of the molecule is CCCCCCCCN1C(=O)c2ccc3c(=O)n4c(nc5c4c4nc6c7ccc8c9c(ccc(c(=O)n6c4c4nc6c%10ccc%11c%12c(ccc(c(=O)n6c54)c%12%10)C(=O)N(CCCCCCCC)C%11=O)c97)C(=O)N(CCCCCCCC)C8=O)c4ccc(c2c34)C1=O. The summed E-state index contributed by atoms with van der Waals surface area (Å²) in [4.78, 5) is 154. The van der Waals surface area contributed by atoms with Gasteiger partial charge in [-0.3, -0.25) is 71.1 Å². The number of benzene rings is 7. The zero-order chi connectivity index (χ0) is 61.7. The number of amides is 6. The lowest BCUT2D eigenvalue weighted by Gasteiger charge is -2.28. The fraction of sp³-hybridized carbons (Fsp3) is 0.333. The summed E-state index contributed by atoms with van der Waals surface area (Å²) in [5.74, 6) is -2.68. The lowest BCUT2D eigenvalue weighted by atomic mass is 9.90. The van der Waals surface area contributed by atoms with E-state index in [1.54, 1.807) is 72.8 Å². The monoisotopic (exact) mass is 1200 g/mol. The van der Waals surface area contributed by atoms with Gasteiger partial charge in [0, 0.05) is 118 Å². The van der Waals surface area contributed by atoms with E-state index in [2.05, 4.69) is 20.8 Å². The average molecular weight is 1200 g/mol. The van der Waals surface area contributed by atoms with Gasteiger partial charge < -0.3 is 0 Å². The van der Waals surface area contributed by atoms with E-state index in [1.165, 1.54) is 27.9 Å². The van der Waals surface area contributed by atoms with Gasteiger partial charge in [0.15, 0.2) is 0 Å². The van der Waals surface area contributed by atoms with Crippen molar-refractivity contribution in [3.63, 3.8) is 0 Å². The third kappa shape index (κ3) is 7.56. The van der Waals surface area contributed by atoms with Crippen LogP contribution in [-0.2, 0) is 0 Å². The maximum Gasteiger partial charge on any atom is 0.264 e. The van der Waals surface area contributed by atoms with Gasteiger partial charge in [-0.1, -0.05) is 117 Å². The van der Waals surface area contributed by atoms with Gasteiger partial charge in [0.2, 0.25) is 0 Å². The summed E-state index contributed by atoms with van der Waals surface area (Å²) in [7, 11) is 0. The largest absolute Gasteiger partial charge is 0.274 e. The van der Waals surface area contributed by atoms with Gasteiger partial charge in [0.1, 0.15) is 50.0 Å². The normalized spacial score (nSPS) is 14.6. The number of carbonyl (C=O) groups is 6. The highest BCUT2D eigenvalue weighted by Gasteiger charge is 2.39. The first-order chi connectivity index (χ1) is 43.9. The fourth-order valence-electron chi connectivity index (χ4n) is 15.5. The number of unbranched alkanes of at least 4 members (excludes halogenated alkanes) is 15. The smallest absolute Gasteiger partial charge is 0.264 e. The Kier molecular flexibility index (Phi) is 12.9. The number of imide groups is 3. The molecule has 0 fully saturated rings. The van der Waals surface area contributed by atoms with Crippen LogP contribution in [0.5, 0.6) is 0 Å². The molecule has 3 aliphatic rings. The highest BCUT2D eigenvalue weighted by atomic mass is 16.2. The van der Waals surface area contributed by atoms with E-state index in [0.717, 1.165) is 96.3 Å². The molecule has 0 saturated heterocycles. The van der Waals surface area contributed by atoms with Crippen molar-refractivity contribution in [2.24, 2.45) is 0 Å². The van der Waals surface area contributed by atoms with E-state index in [-0.39, 0.29) is 119 Å². The van der Waals surface area contributed by atoms with Gasteiger partial charge in [0.25, 0.3) is 52.1 Å². The molecule has 0 spiro atoms.